The number of terminal acetylenes is 1. The van der Waals surface area contributed by atoms with Gasteiger partial charge in [0.2, 0.25) is 0 Å². The Kier molecular flexibility index (Phi) is 3.17. The van der Waals surface area contributed by atoms with E-state index in [9.17, 15) is 0 Å². The summed E-state index contributed by atoms with van der Waals surface area (Å²) in [4.78, 5) is 0. The van der Waals surface area contributed by atoms with E-state index in [1.807, 2.05) is 0 Å². The Balaban J connectivity index is 1.63. The van der Waals surface area contributed by atoms with Crippen LogP contribution in [0.2, 0.25) is 0 Å². The lowest BCUT2D eigenvalue weighted by Crippen LogP contribution is -2.47. The molecule has 0 nitrogen and oxygen atoms in total. The first-order valence-corrected chi connectivity index (χ1v) is 9.19. The minimum absolute atomic E-state index is 0.597. The predicted molar refractivity (Wildman–Crippen MR) is 84.1 cm³/mol. The summed E-state index contributed by atoms with van der Waals surface area (Å²) in [5, 5.41) is 0. The highest BCUT2D eigenvalue weighted by Crippen LogP contribution is 2.63. The molecule has 0 aliphatic heterocycles. The van der Waals surface area contributed by atoms with Crippen molar-refractivity contribution in [1.82, 2.24) is 0 Å². The fourth-order valence-corrected chi connectivity index (χ4v) is 7.08. The van der Waals surface area contributed by atoms with Crippen LogP contribution in [0.4, 0.5) is 0 Å². The van der Waals surface area contributed by atoms with Crippen LogP contribution < -0.4 is 0 Å². The van der Waals surface area contributed by atoms with Gasteiger partial charge in [-0.2, -0.15) is 0 Å². The van der Waals surface area contributed by atoms with E-state index in [4.69, 9.17) is 6.42 Å². The highest BCUT2D eigenvalue weighted by molar-refractivity contribution is 5.12. The fourth-order valence-electron chi connectivity index (χ4n) is 7.08. The Morgan fingerprint density at radius 2 is 1.65 bits per heavy atom. The third-order valence-electron chi connectivity index (χ3n) is 7.93. The highest BCUT2D eigenvalue weighted by Gasteiger charge is 2.55. The molecule has 0 amide bonds. The molecule has 0 aromatic rings. The van der Waals surface area contributed by atoms with Crippen molar-refractivity contribution in [3.63, 3.8) is 0 Å². The first-order valence-electron chi connectivity index (χ1n) is 9.19. The summed E-state index contributed by atoms with van der Waals surface area (Å²) in [6, 6.07) is 0. The van der Waals surface area contributed by atoms with Crippen LogP contribution in [0, 0.1) is 53.3 Å². The molecule has 0 heteroatoms. The number of hydrogen-bond donors (Lipinski definition) is 0. The topological polar surface area (TPSA) is 0 Å². The van der Waals surface area contributed by atoms with Gasteiger partial charge in [0.15, 0.2) is 0 Å². The van der Waals surface area contributed by atoms with Crippen LogP contribution in [-0.2, 0) is 0 Å². The largest absolute Gasteiger partial charge is 0.120 e. The fraction of sp³-hybridized carbons (Fsp3) is 0.900. The smallest absolute Gasteiger partial charge is 0.0236 e. The molecule has 2 unspecified atom stereocenters. The second kappa shape index (κ2) is 4.79. The van der Waals surface area contributed by atoms with Crippen molar-refractivity contribution in [3.05, 3.63) is 0 Å². The van der Waals surface area contributed by atoms with Crippen LogP contribution in [-0.4, -0.2) is 0 Å². The lowest BCUT2D eigenvalue weighted by Gasteiger charge is -2.55. The molecule has 7 atom stereocenters. The molecule has 0 aromatic carbocycles. The first kappa shape index (κ1) is 13.2. The molecular formula is C20H30. The van der Waals surface area contributed by atoms with Crippen LogP contribution in [0.25, 0.3) is 0 Å². The Hall–Kier alpha value is -0.440. The predicted octanol–water partition coefficient (Wildman–Crippen LogP) is 5.28. The van der Waals surface area contributed by atoms with Gasteiger partial charge in [0.25, 0.3) is 0 Å². The second-order valence-electron chi connectivity index (χ2n) is 8.64. The van der Waals surface area contributed by atoms with E-state index in [0.717, 1.165) is 29.6 Å². The van der Waals surface area contributed by atoms with E-state index in [1.54, 1.807) is 0 Å². The summed E-state index contributed by atoms with van der Waals surface area (Å²) in [7, 11) is 0. The minimum Gasteiger partial charge on any atom is -0.120 e. The van der Waals surface area contributed by atoms with Gasteiger partial charge in [0.1, 0.15) is 0 Å². The molecule has 4 rings (SSSR count). The molecule has 110 valence electrons. The van der Waals surface area contributed by atoms with Gasteiger partial charge in [0, 0.05) is 5.92 Å². The molecule has 0 aromatic heterocycles. The quantitative estimate of drug-likeness (QED) is 0.525. The van der Waals surface area contributed by atoms with Crippen molar-refractivity contribution in [2.45, 2.75) is 71.1 Å². The van der Waals surface area contributed by atoms with Crippen LogP contribution in [0.1, 0.15) is 71.1 Å². The Labute approximate surface area is 125 Å². The molecular weight excluding hydrogens is 240 g/mol. The van der Waals surface area contributed by atoms with Gasteiger partial charge in [-0.15, -0.1) is 12.3 Å². The molecule has 0 heterocycles. The zero-order valence-corrected chi connectivity index (χ0v) is 13.1. The standard InChI is InChI=1S/C20H30/c1-3-14-10-12-20(2)13-11-17-16-7-5-4-6-15(16)8-9-18(17)19(14)20/h1,14-19H,4-13H2,2H3/t14?,15?,16-,17+,18+,19-,20-/m0/s1. The lowest BCUT2D eigenvalue weighted by molar-refractivity contribution is -0.0565. The molecule has 20 heavy (non-hydrogen) atoms. The molecule has 4 saturated carbocycles. The molecule has 0 bridgehead atoms. The van der Waals surface area contributed by atoms with Crippen molar-refractivity contribution in [1.29, 1.82) is 0 Å². The summed E-state index contributed by atoms with van der Waals surface area (Å²) in [5.74, 6) is 8.85. The number of fused-ring (bicyclic) bond motifs is 5. The van der Waals surface area contributed by atoms with E-state index in [2.05, 4.69) is 12.8 Å². The first-order chi connectivity index (χ1) is 9.73. The summed E-state index contributed by atoms with van der Waals surface area (Å²) in [5.41, 5.74) is 0.597. The third kappa shape index (κ3) is 1.81. The van der Waals surface area contributed by atoms with E-state index in [0.29, 0.717) is 11.3 Å². The van der Waals surface area contributed by atoms with Gasteiger partial charge >= 0.3 is 0 Å². The van der Waals surface area contributed by atoms with Crippen molar-refractivity contribution < 1.29 is 0 Å². The number of hydrogen-bond acceptors (Lipinski definition) is 0. The zero-order valence-electron chi connectivity index (χ0n) is 13.1. The molecule has 4 aliphatic carbocycles. The molecule has 4 aliphatic rings. The maximum absolute atomic E-state index is 5.90. The average Bonchev–Trinajstić information content (AvgIpc) is 2.84. The van der Waals surface area contributed by atoms with E-state index in [1.165, 1.54) is 64.2 Å². The summed E-state index contributed by atoms with van der Waals surface area (Å²) in [6.07, 6.45) is 20.7. The normalized spacial score (nSPS) is 54.4. The van der Waals surface area contributed by atoms with Gasteiger partial charge in [-0.1, -0.05) is 26.2 Å². The third-order valence-corrected chi connectivity index (χ3v) is 7.93. The Bertz CT molecular complexity index is 416. The van der Waals surface area contributed by atoms with E-state index < -0.39 is 0 Å². The average molecular weight is 270 g/mol. The van der Waals surface area contributed by atoms with Crippen molar-refractivity contribution >= 4 is 0 Å². The summed E-state index contributed by atoms with van der Waals surface area (Å²) in [6.45, 7) is 2.57. The molecule has 4 fully saturated rings. The van der Waals surface area contributed by atoms with Crippen LogP contribution in [0.5, 0.6) is 0 Å². The van der Waals surface area contributed by atoms with Gasteiger partial charge in [-0.05, 0) is 80.0 Å². The molecule has 0 spiro atoms. The minimum atomic E-state index is 0.597. The van der Waals surface area contributed by atoms with Crippen molar-refractivity contribution in [2.24, 2.45) is 40.9 Å². The Morgan fingerprint density at radius 3 is 2.50 bits per heavy atom. The van der Waals surface area contributed by atoms with Crippen LogP contribution in [0.15, 0.2) is 0 Å². The van der Waals surface area contributed by atoms with Gasteiger partial charge in [0.05, 0.1) is 0 Å². The highest BCUT2D eigenvalue weighted by atomic mass is 14.6. The lowest BCUT2D eigenvalue weighted by atomic mass is 9.50. The molecule has 0 N–H and O–H groups in total. The summed E-state index contributed by atoms with van der Waals surface area (Å²) >= 11 is 0. The maximum Gasteiger partial charge on any atom is 0.0236 e. The molecule has 0 saturated heterocycles. The summed E-state index contributed by atoms with van der Waals surface area (Å²) < 4.78 is 0. The van der Waals surface area contributed by atoms with Gasteiger partial charge < -0.3 is 0 Å². The SMILES string of the molecule is C#CC1CC[C@@]2(C)CC[C@H]3[C@@H](CCC4CCCC[C@@H]43)[C@H]12. The van der Waals surface area contributed by atoms with Crippen molar-refractivity contribution in [3.8, 4) is 12.3 Å². The van der Waals surface area contributed by atoms with Crippen LogP contribution >= 0.6 is 0 Å². The molecule has 0 radical (unpaired) electrons. The van der Waals surface area contributed by atoms with E-state index >= 15 is 0 Å². The number of rotatable bonds is 0. The van der Waals surface area contributed by atoms with Gasteiger partial charge in [-0.3, -0.25) is 0 Å². The van der Waals surface area contributed by atoms with Crippen molar-refractivity contribution in [2.75, 3.05) is 0 Å². The zero-order chi connectivity index (χ0) is 13.7. The van der Waals surface area contributed by atoms with E-state index in [-0.39, 0.29) is 0 Å². The monoisotopic (exact) mass is 270 g/mol. The Morgan fingerprint density at radius 1 is 0.850 bits per heavy atom. The van der Waals surface area contributed by atoms with Gasteiger partial charge in [-0.25, -0.2) is 0 Å². The van der Waals surface area contributed by atoms with Crippen LogP contribution in [0.3, 0.4) is 0 Å². The maximum atomic E-state index is 5.90. The second-order valence-corrected chi connectivity index (χ2v) is 8.64.